The molecule has 1 heterocycles. The lowest BCUT2D eigenvalue weighted by atomic mass is 10.3. The molecule has 1 aromatic heterocycles. The average molecular weight is 303 g/mol. The zero-order valence-corrected chi connectivity index (χ0v) is 11.0. The van der Waals surface area contributed by atoms with E-state index in [0.29, 0.717) is 24.5 Å². The van der Waals surface area contributed by atoms with Crippen molar-refractivity contribution in [2.24, 2.45) is 0 Å². The lowest BCUT2D eigenvalue weighted by Gasteiger charge is -2.06. The van der Waals surface area contributed by atoms with Crippen LogP contribution >= 0.6 is 0 Å². The first-order valence-electron chi connectivity index (χ1n) is 5.61. The number of hydrogen-bond acceptors (Lipinski definition) is 6. The molecule has 1 aromatic carbocycles. The van der Waals surface area contributed by atoms with Crippen LogP contribution in [0.4, 0.5) is 14.5 Å². The molecule has 0 bridgehead atoms. The largest absolute Gasteiger partial charge is 0.385 e. The van der Waals surface area contributed by atoms with Crippen LogP contribution in [0.15, 0.2) is 40.1 Å². The maximum Gasteiger partial charge on any atom is 0.341 e. The number of aromatic nitrogens is 2. The summed E-state index contributed by atoms with van der Waals surface area (Å²) in [7, 11) is -4.54. The van der Waals surface area contributed by atoms with Gasteiger partial charge in [0.1, 0.15) is 0 Å². The SMILES string of the molecule is O=S(=O)(c1ccc(NCCc2ncon2)cc1)C(F)F. The van der Waals surface area contributed by atoms with Crippen LogP contribution in [0.3, 0.4) is 0 Å². The van der Waals surface area contributed by atoms with Gasteiger partial charge in [-0.1, -0.05) is 5.16 Å². The molecule has 1 N–H and O–H groups in total. The van der Waals surface area contributed by atoms with Gasteiger partial charge in [-0.2, -0.15) is 13.8 Å². The van der Waals surface area contributed by atoms with E-state index in [0.717, 1.165) is 12.1 Å². The zero-order valence-electron chi connectivity index (χ0n) is 10.2. The van der Waals surface area contributed by atoms with Gasteiger partial charge in [-0.3, -0.25) is 0 Å². The number of sulfone groups is 1. The fourth-order valence-electron chi connectivity index (χ4n) is 1.49. The van der Waals surface area contributed by atoms with E-state index < -0.39 is 20.5 Å². The second-order valence-electron chi connectivity index (χ2n) is 3.85. The van der Waals surface area contributed by atoms with E-state index in [1.165, 1.54) is 18.5 Å². The predicted octanol–water partition coefficient (Wildman–Crippen LogP) is 1.72. The van der Waals surface area contributed by atoms with Gasteiger partial charge in [0.2, 0.25) is 16.2 Å². The van der Waals surface area contributed by atoms with Crippen LogP contribution < -0.4 is 5.32 Å². The number of nitrogens with one attached hydrogen (secondary N) is 1. The molecule has 0 aliphatic rings. The molecule has 2 aromatic rings. The average Bonchev–Trinajstić information content (AvgIpc) is 2.92. The molecule has 0 unspecified atom stereocenters. The van der Waals surface area contributed by atoms with Gasteiger partial charge < -0.3 is 9.84 Å². The van der Waals surface area contributed by atoms with E-state index >= 15 is 0 Å². The van der Waals surface area contributed by atoms with Crippen molar-refractivity contribution < 1.29 is 21.7 Å². The molecular formula is C11H11F2N3O3S. The molecule has 0 spiro atoms. The summed E-state index contributed by atoms with van der Waals surface area (Å²) in [5.41, 5.74) is 0.613. The highest BCUT2D eigenvalue weighted by Gasteiger charge is 2.26. The number of halogens is 2. The Kier molecular flexibility index (Phi) is 4.28. The number of alkyl halides is 2. The Balaban J connectivity index is 1.95. The maximum absolute atomic E-state index is 12.3. The van der Waals surface area contributed by atoms with Gasteiger partial charge in [-0.05, 0) is 24.3 Å². The minimum absolute atomic E-state index is 0.406. The van der Waals surface area contributed by atoms with Crippen LogP contribution in [0.2, 0.25) is 0 Å². The second-order valence-corrected chi connectivity index (χ2v) is 5.77. The number of hydrogen-bond donors (Lipinski definition) is 1. The Labute approximate surface area is 113 Å². The van der Waals surface area contributed by atoms with Crippen molar-refractivity contribution in [3.8, 4) is 0 Å². The molecule has 0 atom stereocenters. The molecular weight excluding hydrogens is 292 g/mol. The summed E-state index contributed by atoms with van der Waals surface area (Å²) < 4.78 is 51.7. The fraction of sp³-hybridized carbons (Fsp3) is 0.273. The normalized spacial score (nSPS) is 11.8. The molecule has 2 rings (SSSR count). The molecule has 9 heteroatoms. The molecule has 0 fully saturated rings. The Morgan fingerprint density at radius 1 is 1.25 bits per heavy atom. The third-order valence-corrected chi connectivity index (χ3v) is 3.90. The molecule has 0 aliphatic carbocycles. The van der Waals surface area contributed by atoms with Gasteiger partial charge in [-0.15, -0.1) is 0 Å². The Bertz CT molecular complexity index is 642. The molecule has 20 heavy (non-hydrogen) atoms. The minimum atomic E-state index is -4.54. The van der Waals surface area contributed by atoms with E-state index in [1.54, 1.807) is 0 Å². The van der Waals surface area contributed by atoms with Crippen LogP contribution in [0.25, 0.3) is 0 Å². The second kappa shape index (κ2) is 5.95. The summed E-state index contributed by atoms with van der Waals surface area (Å²) in [5.74, 6) is -2.88. The minimum Gasteiger partial charge on any atom is -0.385 e. The molecule has 0 radical (unpaired) electrons. The number of nitrogens with zero attached hydrogens (tertiary/aromatic N) is 2. The van der Waals surface area contributed by atoms with E-state index in [2.05, 4.69) is 20.0 Å². The summed E-state index contributed by atoms with van der Waals surface area (Å²) >= 11 is 0. The number of benzene rings is 1. The lowest BCUT2D eigenvalue weighted by molar-refractivity contribution is 0.234. The van der Waals surface area contributed by atoms with Crippen LogP contribution in [0.1, 0.15) is 5.82 Å². The van der Waals surface area contributed by atoms with Crippen molar-refractivity contribution in [1.82, 2.24) is 10.1 Å². The first-order valence-corrected chi connectivity index (χ1v) is 7.16. The van der Waals surface area contributed by atoms with Gasteiger partial charge in [-0.25, -0.2) is 8.42 Å². The molecule has 0 saturated carbocycles. The summed E-state index contributed by atoms with van der Waals surface area (Å²) in [5, 5.41) is 6.61. The molecule has 0 aliphatic heterocycles. The third kappa shape index (κ3) is 3.29. The van der Waals surface area contributed by atoms with Crippen molar-refractivity contribution in [2.75, 3.05) is 11.9 Å². The van der Waals surface area contributed by atoms with Crippen LogP contribution in [-0.2, 0) is 16.3 Å². The summed E-state index contributed by atoms with van der Waals surface area (Å²) in [6.45, 7) is 0.500. The monoisotopic (exact) mass is 303 g/mol. The highest BCUT2D eigenvalue weighted by atomic mass is 32.2. The third-order valence-electron chi connectivity index (χ3n) is 2.50. The van der Waals surface area contributed by atoms with E-state index in [-0.39, 0.29) is 0 Å². The Morgan fingerprint density at radius 3 is 2.50 bits per heavy atom. The fourth-order valence-corrected chi connectivity index (χ4v) is 2.21. The van der Waals surface area contributed by atoms with Crippen molar-refractivity contribution in [3.05, 3.63) is 36.5 Å². The molecule has 0 amide bonds. The number of rotatable bonds is 6. The zero-order chi connectivity index (χ0) is 14.6. The van der Waals surface area contributed by atoms with Crippen molar-refractivity contribution in [1.29, 1.82) is 0 Å². The smallest absolute Gasteiger partial charge is 0.341 e. The molecule has 0 saturated heterocycles. The van der Waals surface area contributed by atoms with E-state index in [9.17, 15) is 17.2 Å². The highest BCUT2D eigenvalue weighted by molar-refractivity contribution is 7.91. The quantitative estimate of drug-likeness (QED) is 0.874. The highest BCUT2D eigenvalue weighted by Crippen LogP contribution is 2.20. The molecule has 108 valence electrons. The summed E-state index contributed by atoms with van der Waals surface area (Å²) in [4.78, 5) is 3.43. The van der Waals surface area contributed by atoms with Gasteiger partial charge in [0.25, 0.3) is 0 Å². The summed E-state index contributed by atoms with van der Waals surface area (Å²) in [6, 6.07) is 5.12. The Morgan fingerprint density at radius 2 is 1.95 bits per heavy atom. The van der Waals surface area contributed by atoms with Gasteiger partial charge >= 0.3 is 5.76 Å². The number of anilines is 1. The lowest BCUT2D eigenvalue weighted by Crippen LogP contribution is -2.11. The van der Waals surface area contributed by atoms with Crippen molar-refractivity contribution in [2.45, 2.75) is 17.1 Å². The van der Waals surface area contributed by atoms with Crippen LogP contribution in [0, 0.1) is 0 Å². The standard InChI is InChI=1S/C11H11F2N3O3S/c12-11(13)20(17,18)9-3-1-8(2-4-9)14-6-5-10-15-7-19-16-10/h1-4,7,11,14H,5-6H2. The van der Waals surface area contributed by atoms with Crippen molar-refractivity contribution >= 4 is 15.5 Å². The topological polar surface area (TPSA) is 85.1 Å². The van der Waals surface area contributed by atoms with Crippen LogP contribution in [0.5, 0.6) is 0 Å². The first kappa shape index (κ1) is 14.4. The molecule has 6 nitrogen and oxygen atoms in total. The summed E-state index contributed by atoms with van der Waals surface area (Å²) in [6.07, 6.45) is 1.74. The van der Waals surface area contributed by atoms with Gasteiger partial charge in [0, 0.05) is 18.7 Å². The van der Waals surface area contributed by atoms with Crippen molar-refractivity contribution in [3.63, 3.8) is 0 Å². The van der Waals surface area contributed by atoms with E-state index in [4.69, 9.17) is 0 Å². The predicted molar refractivity (Wildman–Crippen MR) is 66.1 cm³/mol. The van der Waals surface area contributed by atoms with Gasteiger partial charge in [0.05, 0.1) is 4.90 Å². The first-order chi connectivity index (χ1) is 9.50. The maximum atomic E-state index is 12.3. The Hall–Kier alpha value is -2.03. The van der Waals surface area contributed by atoms with E-state index in [1.807, 2.05) is 0 Å². The van der Waals surface area contributed by atoms with Crippen LogP contribution in [-0.4, -0.2) is 30.9 Å². The van der Waals surface area contributed by atoms with Gasteiger partial charge in [0.15, 0.2) is 5.82 Å².